The minimum absolute atomic E-state index is 0.158. The lowest BCUT2D eigenvalue weighted by atomic mass is 9.92. The van der Waals surface area contributed by atoms with Crippen molar-refractivity contribution >= 4 is 34.7 Å². The molecule has 1 aliphatic heterocycles. The number of nitrogens with zero attached hydrogens (tertiary/aromatic N) is 2. The van der Waals surface area contributed by atoms with Crippen LogP contribution in [0.5, 0.6) is 0 Å². The summed E-state index contributed by atoms with van der Waals surface area (Å²) in [6, 6.07) is 11.9. The SMILES string of the molecule is O=C(Nc1ccc2[nH]ncc2c1)OC(c1cccc(C(=O)NC2CCCCC2)c1)[C@@H]1CCCCN1C(=O)O. The van der Waals surface area contributed by atoms with Crippen molar-refractivity contribution in [3.63, 3.8) is 0 Å². The second-order valence-corrected chi connectivity index (χ2v) is 10.1. The summed E-state index contributed by atoms with van der Waals surface area (Å²) in [7, 11) is 0. The zero-order valence-corrected chi connectivity index (χ0v) is 21.2. The van der Waals surface area contributed by atoms with E-state index in [0.29, 0.717) is 29.8 Å². The van der Waals surface area contributed by atoms with Gasteiger partial charge in [0.25, 0.3) is 5.91 Å². The van der Waals surface area contributed by atoms with Gasteiger partial charge in [0.05, 0.1) is 17.8 Å². The molecule has 38 heavy (non-hydrogen) atoms. The molecule has 1 saturated carbocycles. The molecule has 5 rings (SSSR count). The molecule has 3 amide bonds. The molecule has 1 saturated heterocycles. The Labute approximate surface area is 220 Å². The lowest BCUT2D eigenvalue weighted by Gasteiger charge is -2.38. The second kappa shape index (κ2) is 11.5. The molecule has 0 radical (unpaired) electrons. The maximum atomic E-state index is 13.1. The van der Waals surface area contributed by atoms with E-state index in [4.69, 9.17) is 4.74 Å². The molecule has 1 unspecified atom stereocenters. The van der Waals surface area contributed by atoms with Crippen molar-refractivity contribution in [3.05, 3.63) is 59.8 Å². The van der Waals surface area contributed by atoms with E-state index in [1.807, 2.05) is 0 Å². The average Bonchev–Trinajstić information content (AvgIpc) is 3.40. The first-order chi connectivity index (χ1) is 18.5. The summed E-state index contributed by atoms with van der Waals surface area (Å²) in [6.45, 7) is 0.362. The fourth-order valence-corrected chi connectivity index (χ4v) is 5.53. The molecule has 1 aromatic heterocycles. The molecule has 10 heteroatoms. The highest BCUT2D eigenvalue weighted by Crippen LogP contribution is 2.33. The maximum absolute atomic E-state index is 13.1. The van der Waals surface area contributed by atoms with Crippen molar-refractivity contribution in [1.29, 1.82) is 0 Å². The number of aromatic amines is 1. The third-order valence-corrected chi connectivity index (χ3v) is 7.48. The van der Waals surface area contributed by atoms with Crippen LogP contribution in [0.25, 0.3) is 10.9 Å². The largest absolute Gasteiger partial charge is 0.465 e. The number of nitrogens with one attached hydrogen (secondary N) is 3. The third-order valence-electron chi connectivity index (χ3n) is 7.48. The van der Waals surface area contributed by atoms with Gasteiger partial charge in [-0.15, -0.1) is 0 Å². The average molecular weight is 520 g/mol. The first-order valence-corrected chi connectivity index (χ1v) is 13.3. The van der Waals surface area contributed by atoms with Gasteiger partial charge in [0, 0.05) is 29.2 Å². The number of carbonyl (C=O) groups excluding carboxylic acids is 2. The number of aromatic nitrogens is 2. The maximum Gasteiger partial charge on any atom is 0.412 e. The minimum Gasteiger partial charge on any atom is -0.465 e. The van der Waals surface area contributed by atoms with E-state index in [1.54, 1.807) is 48.7 Å². The van der Waals surface area contributed by atoms with Gasteiger partial charge in [0.2, 0.25) is 0 Å². The first kappa shape index (κ1) is 25.6. The lowest BCUT2D eigenvalue weighted by molar-refractivity contribution is 0.0178. The lowest BCUT2D eigenvalue weighted by Crippen LogP contribution is -2.47. The summed E-state index contributed by atoms with van der Waals surface area (Å²) < 4.78 is 5.93. The van der Waals surface area contributed by atoms with Crippen LogP contribution >= 0.6 is 0 Å². The number of likely N-dealkylation sites (tertiary alicyclic amines) is 1. The van der Waals surface area contributed by atoms with E-state index in [1.165, 1.54) is 11.3 Å². The van der Waals surface area contributed by atoms with Crippen molar-refractivity contribution in [2.75, 3.05) is 11.9 Å². The molecule has 2 atom stereocenters. The van der Waals surface area contributed by atoms with Gasteiger partial charge in [-0.05, 0) is 68.0 Å². The molecule has 2 fully saturated rings. The Morgan fingerprint density at radius 2 is 1.84 bits per heavy atom. The number of carboxylic acid groups (broad SMARTS) is 1. The molecule has 2 heterocycles. The minimum atomic E-state index is -1.06. The van der Waals surface area contributed by atoms with Gasteiger partial charge in [0.1, 0.15) is 6.10 Å². The van der Waals surface area contributed by atoms with Gasteiger partial charge in [0.15, 0.2) is 0 Å². The van der Waals surface area contributed by atoms with Crippen LogP contribution in [0, 0.1) is 0 Å². The van der Waals surface area contributed by atoms with E-state index in [2.05, 4.69) is 20.8 Å². The number of carbonyl (C=O) groups is 3. The number of piperidine rings is 1. The van der Waals surface area contributed by atoms with E-state index in [9.17, 15) is 19.5 Å². The van der Waals surface area contributed by atoms with Gasteiger partial charge in [-0.2, -0.15) is 5.10 Å². The molecule has 3 aromatic rings. The van der Waals surface area contributed by atoms with Crippen LogP contribution in [-0.2, 0) is 4.74 Å². The number of H-pyrrole nitrogens is 1. The highest BCUT2D eigenvalue weighted by atomic mass is 16.6. The monoisotopic (exact) mass is 519 g/mol. The Bertz CT molecular complexity index is 1300. The predicted molar refractivity (Wildman–Crippen MR) is 142 cm³/mol. The number of rotatable bonds is 6. The summed E-state index contributed by atoms with van der Waals surface area (Å²) in [5.41, 5.74) is 2.41. The Morgan fingerprint density at radius 1 is 1.03 bits per heavy atom. The summed E-state index contributed by atoms with van der Waals surface area (Å²) in [5, 5.41) is 23.4. The summed E-state index contributed by atoms with van der Waals surface area (Å²) in [4.78, 5) is 39.5. The standard InChI is InChI=1S/C28H33N5O5/c34-26(30-21-9-2-1-3-10-21)19-8-6-7-18(15-19)25(24-11-4-5-14-33(24)28(36)37)38-27(35)31-22-12-13-23-20(16-22)17-29-32-23/h6-8,12-13,15-17,21,24-25H,1-5,9-11,14H2,(H,29,32)(H,30,34)(H,31,35)(H,36,37)/t24-,25?/m0/s1. The van der Waals surface area contributed by atoms with Crippen LogP contribution in [0.1, 0.15) is 73.4 Å². The van der Waals surface area contributed by atoms with Crippen LogP contribution in [0.2, 0.25) is 0 Å². The van der Waals surface area contributed by atoms with Crippen molar-refractivity contribution in [2.24, 2.45) is 0 Å². The zero-order valence-electron chi connectivity index (χ0n) is 21.2. The molecular weight excluding hydrogens is 486 g/mol. The highest BCUT2D eigenvalue weighted by molar-refractivity contribution is 5.94. The molecule has 2 aromatic carbocycles. The number of hydrogen-bond acceptors (Lipinski definition) is 5. The molecule has 200 valence electrons. The molecule has 10 nitrogen and oxygen atoms in total. The smallest absolute Gasteiger partial charge is 0.412 e. The zero-order chi connectivity index (χ0) is 26.5. The van der Waals surface area contributed by atoms with Gasteiger partial charge in [-0.3, -0.25) is 15.2 Å². The number of ether oxygens (including phenoxy) is 1. The van der Waals surface area contributed by atoms with Crippen LogP contribution < -0.4 is 10.6 Å². The fourth-order valence-electron chi connectivity index (χ4n) is 5.53. The molecular formula is C28H33N5O5. The molecule has 2 aliphatic rings. The molecule has 1 aliphatic carbocycles. The summed E-state index contributed by atoms with van der Waals surface area (Å²) >= 11 is 0. The normalized spacial score (nSPS) is 19.1. The van der Waals surface area contributed by atoms with Gasteiger partial charge < -0.3 is 20.1 Å². The number of hydrogen-bond donors (Lipinski definition) is 4. The van der Waals surface area contributed by atoms with Crippen molar-refractivity contribution < 1.29 is 24.2 Å². The Kier molecular flexibility index (Phi) is 7.76. The quantitative estimate of drug-likeness (QED) is 0.342. The fraction of sp³-hybridized carbons (Fsp3) is 0.429. The topological polar surface area (TPSA) is 137 Å². The van der Waals surface area contributed by atoms with Gasteiger partial charge in [-0.1, -0.05) is 31.4 Å². The van der Waals surface area contributed by atoms with Crippen molar-refractivity contribution in [1.82, 2.24) is 20.4 Å². The van der Waals surface area contributed by atoms with Crippen molar-refractivity contribution in [2.45, 2.75) is 69.6 Å². The van der Waals surface area contributed by atoms with Crippen LogP contribution in [0.15, 0.2) is 48.7 Å². The number of benzene rings is 2. The highest BCUT2D eigenvalue weighted by Gasteiger charge is 2.36. The first-order valence-electron chi connectivity index (χ1n) is 13.3. The van der Waals surface area contributed by atoms with E-state index in [-0.39, 0.29) is 11.9 Å². The predicted octanol–water partition coefficient (Wildman–Crippen LogP) is 5.45. The summed E-state index contributed by atoms with van der Waals surface area (Å²) in [5.74, 6) is -0.172. The van der Waals surface area contributed by atoms with E-state index in [0.717, 1.165) is 49.4 Å². The summed E-state index contributed by atoms with van der Waals surface area (Å²) in [6.07, 6.45) is 6.47. The molecule has 4 N–H and O–H groups in total. The van der Waals surface area contributed by atoms with Crippen molar-refractivity contribution in [3.8, 4) is 0 Å². The van der Waals surface area contributed by atoms with Gasteiger partial charge >= 0.3 is 12.2 Å². The number of fused-ring (bicyclic) bond motifs is 1. The molecule has 0 bridgehead atoms. The van der Waals surface area contributed by atoms with E-state index >= 15 is 0 Å². The van der Waals surface area contributed by atoms with Crippen LogP contribution in [-0.4, -0.2) is 56.9 Å². The van der Waals surface area contributed by atoms with Crippen LogP contribution in [0.4, 0.5) is 15.3 Å². The molecule has 0 spiro atoms. The Balaban J connectivity index is 1.38. The number of amides is 3. The van der Waals surface area contributed by atoms with E-state index < -0.39 is 24.3 Å². The second-order valence-electron chi connectivity index (χ2n) is 10.1. The number of anilines is 1. The Morgan fingerprint density at radius 3 is 2.66 bits per heavy atom. The van der Waals surface area contributed by atoms with Crippen LogP contribution in [0.3, 0.4) is 0 Å². The Hall–Kier alpha value is -4.08. The third kappa shape index (κ3) is 5.90. The van der Waals surface area contributed by atoms with Gasteiger partial charge in [-0.25, -0.2) is 9.59 Å².